The zero-order valence-corrected chi connectivity index (χ0v) is 15.5. The van der Waals surface area contributed by atoms with Crippen LogP contribution in [0.5, 0.6) is 0 Å². The van der Waals surface area contributed by atoms with E-state index in [4.69, 9.17) is 11.6 Å². The van der Waals surface area contributed by atoms with Gasteiger partial charge in [-0.05, 0) is 12.1 Å². The van der Waals surface area contributed by atoms with Gasteiger partial charge in [0.2, 0.25) is 5.91 Å². The number of amides is 1. The fraction of sp³-hybridized carbons (Fsp3) is 0.278. The lowest BCUT2D eigenvalue weighted by Crippen LogP contribution is -2.49. The van der Waals surface area contributed by atoms with E-state index in [1.165, 1.54) is 12.1 Å². The smallest absolute Gasteiger partial charge is 0.294 e. The Bertz CT molecular complexity index is 928. The molecule has 1 aliphatic rings. The maximum absolute atomic E-state index is 12.6. The standard InChI is InChI=1S/C18H17ClN4O5/c19-14-5-6-16(17(12-14)23(27)28)20-7-9-21(10-8-20)18(24)11-13-3-1-2-4-15(13)22(25)26/h1-6,12H,7-11H2. The number of hydrogen-bond acceptors (Lipinski definition) is 6. The number of anilines is 1. The first-order chi connectivity index (χ1) is 13.4. The van der Waals surface area contributed by atoms with Crippen LogP contribution in [0.25, 0.3) is 0 Å². The summed E-state index contributed by atoms with van der Waals surface area (Å²) >= 11 is 5.85. The highest BCUT2D eigenvalue weighted by atomic mass is 35.5. The number of halogens is 1. The van der Waals surface area contributed by atoms with Crippen molar-refractivity contribution in [1.82, 2.24) is 4.90 Å². The molecule has 10 heteroatoms. The molecule has 146 valence electrons. The minimum atomic E-state index is -0.500. The Labute approximate surface area is 165 Å². The molecular weight excluding hydrogens is 388 g/mol. The van der Waals surface area contributed by atoms with Gasteiger partial charge in [0, 0.05) is 48.9 Å². The zero-order valence-electron chi connectivity index (χ0n) is 14.8. The normalized spacial score (nSPS) is 14.0. The van der Waals surface area contributed by atoms with E-state index in [0.29, 0.717) is 37.4 Å². The first kappa shape index (κ1) is 19.6. The van der Waals surface area contributed by atoms with Crippen molar-refractivity contribution in [3.05, 3.63) is 73.3 Å². The summed E-state index contributed by atoms with van der Waals surface area (Å²) in [6.45, 7) is 1.59. The van der Waals surface area contributed by atoms with Crippen molar-refractivity contribution in [1.29, 1.82) is 0 Å². The van der Waals surface area contributed by atoms with Crippen LogP contribution in [0.2, 0.25) is 5.02 Å². The van der Waals surface area contributed by atoms with Crippen molar-refractivity contribution >= 4 is 34.6 Å². The van der Waals surface area contributed by atoms with Crippen molar-refractivity contribution < 1.29 is 14.6 Å². The molecule has 3 rings (SSSR count). The van der Waals surface area contributed by atoms with E-state index in [2.05, 4.69) is 0 Å². The molecule has 1 amide bonds. The van der Waals surface area contributed by atoms with E-state index < -0.39 is 9.85 Å². The summed E-state index contributed by atoms with van der Waals surface area (Å²) in [4.78, 5) is 37.4. The Balaban J connectivity index is 1.67. The summed E-state index contributed by atoms with van der Waals surface area (Å²) < 4.78 is 0. The average molecular weight is 405 g/mol. The molecule has 0 N–H and O–H groups in total. The third-order valence-electron chi connectivity index (χ3n) is 4.64. The fourth-order valence-electron chi connectivity index (χ4n) is 3.22. The summed E-state index contributed by atoms with van der Waals surface area (Å²) in [7, 11) is 0. The Kier molecular flexibility index (Phi) is 5.74. The molecule has 0 aromatic heterocycles. The topological polar surface area (TPSA) is 110 Å². The van der Waals surface area contributed by atoms with Crippen molar-refractivity contribution in [2.24, 2.45) is 0 Å². The summed E-state index contributed by atoms with van der Waals surface area (Å²) in [5.41, 5.74) is 0.673. The van der Waals surface area contributed by atoms with Gasteiger partial charge in [-0.3, -0.25) is 25.0 Å². The second-order valence-electron chi connectivity index (χ2n) is 6.32. The van der Waals surface area contributed by atoms with Gasteiger partial charge in [0.05, 0.1) is 16.3 Å². The summed E-state index contributed by atoms with van der Waals surface area (Å²) in [5.74, 6) is -0.209. The largest absolute Gasteiger partial charge is 0.362 e. The number of carbonyl (C=O) groups excluding carboxylic acids is 1. The second kappa shape index (κ2) is 8.22. The summed E-state index contributed by atoms with van der Waals surface area (Å²) in [5, 5.41) is 22.7. The Hall–Kier alpha value is -3.20. The van der Waals surface area contributed by atoms with Crippen LogP contribution in [0.1, 0.15) is 5.56 Å². The number of nitro benzene ring substituents is 2. The van der Waals surface area contributed by atoms with Crippen LogP contribution in [0.15, 0.2) is 42.5 Å². The minimum Gasteiger partial charge on any atom is -0.362 e. The third kappa shape index (κ3) is 4.20. The maximum atomic E-state index is 12.6. The number of para-hydroxylation sites is 1. The summed E-state index contributed by atoms with van der Waals surface area (Å²) in [6.07, 6.45) is -0.0573. The number of nitro groups is 2. The number of carbonyl (C=O) groups is 1. The van der Waals surface area contributed by atoms with E-state index in [9.17, 15) is 25.0 Å². The van der Waals surface area contributed by atoms with Gasteiger partial charge in [-0.25, -0.2) is 0 Å². The Morgan fingerprint density at radius 1 is 0.964 bits per heavy atom. The second-order valence-corrected chi connectivity index (χ2v) is 6.76. The molecule has 0 unspecified atom stereocenters. The van der Waals surface area contributed by atoms with E-state index in [0.717, 1.165) is 0 Å². The van der Waals surface area contributed by atoms with Crippen LogP contribution in [0.3, 0.4) is 0 Å². The summed E-state index contributed by atoms with van der Waals surface area (Å²) in [6, 6.07) is 10.7. The van der Waals surface area contributed by atoms with Gasteiger partial charge < -0.3 is 9.80 Å². The molecule has 0 saturated carbocycles. The SMILES string of the molecule is O=C(Cc1ccccc1[N+](=O)[O-])N1CCN(c2ccc(Cl)cc2[N+](=O)[O-])CC1. The molecule has 1 saturated heterocycles. The number of hydrogen-bond donors (Lipinski definition) is 0. The lowest BCUT2D eigenvalue weighted by atomic mass is 10.1. The van der Waals surface area contributed by atoms with Gasteiger partial charge >= 0.3 is 0 Å². The van der Waals surface area contributed by atoms with Crippen LogP contribution < -0.4 is 4.90 Å². The zero-order chi connectivity index (χ0) is 20.3. The number of nitrogens with zero attached hydrogens (tertiary/aromatic N) is 4. The van der Waals surface area contributed by atoms with Gasteiger partial charge in [0.25, 0.3) is 11.4 Å². The molecule has 1 aliphatic heterocycles. The van der Waals surface area contributed by atoms with Crippen molar-refractivity contribution in [3.8, 4) is 0 Å². The number of benzene rings is 2. The molecule has 2 aromatic rings. The van der Waals surface area contributed by atoms with Gasteiger partial charge in [-0.1, -0.05) is 29.8 Å². The van der Waals surface area contributed by atoms with Crippen molar-refractivity contribution in [2.45, 2.75) is 6.42 Å². The minimum absolute atomic E-state index is 0.0573. The monoisotopic (exact) mass is 404 g/mol. The molecule has 0 spiro atoms. The fourth-order valence-corrected chi connectivity index (χ4v) is 3.39. The first-order valence-electron chi connectivity index (χ1n) is 8.56. The average Bonchev–Trinajstić information content (AvgIpc) is 2.68. The van der Waals surface area contributed by atoms with Crippen molar-refractivity contribution in [2.75, 3.05) is 31.1 Å². The molecule has 0 radical (unpaired) electrons. The van der Waals surface area contributed by atoms with E-state index in [1.807, 2.05) is 4.90 Å². The van der Waals surface area contributed by atoms with Crippen molar-refractivity contribution in [3.63, 3.8) is 0 Å². The predicted octanol–water partition coefficient (Wildman–Crippen LogP) is 3.05. The van der Waals surface area contributed by atoms with Crippen LogP contribution in [0, 0.1) is 20.2 Å². The van der Waals surface area contributed by atoms with E-state index in [1.54, 1.807) is 35.2 Å². The van der Waals surface area contributed by atoms with Gasteiger partial charge in [0.1, 0.15) is 5.69 Å². The molecule has 28 heavy (non-hydrogen) atoms. The molecule has 1 heterocycles. The molecule has 0 atom stereocenters. The van der Waals surface area contributed by atoms with E-state index in [-0.39, 0.29) is 28.7 Å². The maximum Gasteiger partial charge on any atom is 0.294 e. The van der Waals surface area contributed by atoms with Crippen LogP contribution in [-0.4, -0.2) is 46.8 Å². The molecule has 0 aliphatic carbocycles. The number of piperazine rings is 1. The van der Waals surface area contributed by atoms with Gasteiger partial charge in [0.15, 0.2) is 0 Å². The molecular formula is C18H17ClN4O5. The van der Waals surface area contributed by atoms with Gasteiger partial charge in [-0.2, -0.15) is 0 Å². The van der Waals surface area contributed by atoms with Crippen LogP contribution in [-0.2, 0) is 11.2 Å². The molecule has 2 aromatic carbocycles. The lowest BCUT2D eigenvalue weighted by Gasteiger charge is -2.35. The van der Waals surface area contributed by atoms with Gasteiger partial charge in [-0.15, -0.1) is 0 Å². The highest BCUT2D eigenvalue weighted by molar-refractivity contribution is 6.30. The van der Waals surface area contributed by atoms with Crippen LogP contribution >= 0.6 is 11.6 Å². The highest BCUT2D eigenvalue weighted by Crippen LogP contribution is 2.31. The Morgan fingerprint density at radius 2 is 1.61 bits per heavy atom. The first-order valence-corrected chi connectivity index (χ1v) is 8.93. The third-order valence-corrected chi connectivity index (χ3v) is 4.87. The van der Waals surface area contributed by atoms with E-state index >= 15 is 0 Å². The lowest BCUT2D eigenvalue weighted by molar-refractivity contribution is -0.385. The predicted molar refractivity (Wildman–Crippen MR) is 104 cm³/mol. The molecule has 9 nitrogen and oxygen atoms in total. The molecule has 0 bridgehead atoms. The molecule has 1 fully saturated rings. The quantitative estimate of drug-likeness (QED) is 0.559. The Morgan fingerprint density at radius 3 is 2.25 bits per heavy atom. The number of rotatable bonds is 5. The highest BCUT2D eigenvalue weighted by Gasteiger charge is 2.27. The van der Waals surface area contributed by atoms with Crippen LogP contribution in [0.4, 0.5) is 17.1 Å².